The minimum atomic E-state index is -0.0561. The molecule has 1 aliphatic heterocycles. The Bertz CT molecular complexity index is 1140. The second-order valence-electron chi connectivity index (χ2n) is 8.35. The van der Waals surface area contributed by atoms with E-state index < -0.39 is 0 Å². The Kier molecular flexibility index (Phi) is 7.30. The number of likely N-dealkylation sites (tertiary alicyclic amines) is 1. The maximum atomic E-state index is 12.7. The summed E-state index contributed by atoms with van der Waals surface area (Å²) in [6, 6.07) is 10.2. The first-order valence-electron chi connectivity index (χ1n) is 11.0. The summed E-state index contributed by atoms with van der Waals surface area (Å²) in [4.78, 5) is 26.8. The first-order valence-corrected chi connectivity index (χ1v) is 12.3. The third-order valence-electron chi connectivity index (χ3n) is 5.88. The summed E-state index contributed by atoms with van der Waals surface area (Å²) in [5.74, 6) is -0.104. The fraction of sp³-hybridized carbons (Fsp3) is 0.320. The number of hydrogen-bond donors (Lipinski definition) is 1. The van der Waals surface area contributed by atoms with Crippen LogP contribution in [0, 0.1) is 13.8 Å². The molecule has 3 aromatic rings. The summed E-state index contributed by atoms with van der Waals surface area (Å²) >= 11 is 8.08. The molecule has 0 atom stereocenters. The number of thiophene rings is 1. The minimum absolute atomic E-state index is 0.0475. The van der Waals surface area contributed by atoms with Gasteiger partial charge in [-0.1, -0.05) is 41.4 Å². The van der Waals surface area contributed by atoms with E-state index in [1.807, 2.05) is 28.7 Å². The van der Waals surface area contributed by atoms with Crippen molar-refractivity contribution in [3.63, 3.8) is 0 Å². The number of benzene rings is 1. The van der Waals surface area contributed by atoms with Gasteiger partial charge in [0.15, 0.2) is 0 Å². The maximum Gasteiger partial charge on any atom is 0.252 e. The van der Waals surface area contributed by atoms with E-state index in [9.17, 15) is 9.59 Å². The van der Waals surface area contributed by atoms with Crippen LogP contribution in [0.1, 0.15) is 45.6 Å². The van der Waals surface area contributed by atoms with Crippen LogP contribution >= 0.6 is 22.9 Å². The zero-order chi connectivity index (χ0) is 23.4. The quantitative estimate of drug-likeness (QED) is 0.518. The lowest BCUT2D eigenvalue weighted by atomic mass is 10.0. The number of nitrogens with one attached hydrogen (secondary N) is 1. The van der Waals surface area contributed by atoms with E-state index in [2.05, 4.69) is 41.6 Å². The first kappa shape index (κ1) is 23.3. The Morgan fingerprint density at radius 2 is 1.91 bits per heavy atom. The summed E-state index contributed by atoms with van der Waals surface area (Å²) < 4.78 is 1.76. The molecule has 1 saturated heterocycles. The summed E-state index contributed by atoms with van der Waals surface area (Å²) in [6.07, 6.45) is 4.80. The van der Waals surface area contributed by atoms with Gasteiger partial charge in [0.1, 0.15) is 5.15 Å². The van der Waals surface area contributed by atoms with Gasteiger partial charge in [0.2, 0.25) is 5.91 Å². The van der Waals surface area contributed by atoms with Gasteiger partial charge in [-0.15, -0.1) is 0 Å². The molecule has 0 spiro atoms. The van der Waals surface area contributed by atoms with E-state index in [-0.39, 0.29) is 17.9 Å². The molecule has 2 amide bonds. The van der Waals surface area contributed by atoms with Crippen molar-refractivity contribution < 1.29 is 9.59 Å². The molecule has 0 unspecified atom stereocenters. The van der Waals surface area contributed by atoms with Crippen molar-refractivity contribution in [1.29, 1.82) is 0 Å². The zero-order valence-corrected chi connectivity index (χ0v) is 20.3. The van der Waals surface area contributed by atoms with E-state index in [0.29, 0.717) is 30.4 Å². The molecule has 0 radical (unpaired) electrons. The van der Waals surface area contributed by atoms with Crippen molar-refractivity contribution in [2.24, 2.45) is 0 Å². The van der Waals surface area contributed by atoms with Crippen LogP contribution in [-0.2, 0) is 11.3 Å². The number of piperidine rings is 1. The molecule has 33 heavy (non-hydrogen) atoms. The van der Waals surface area contributed by atoms with E-state index in [1.54, 1.807) is 16.8 Å². The van der Waals surface area contributed by atoms with Crippen molar-refractivity contribution in [3.05, 3.63) is 80.3 Å². The van der Waals surface area contributed by atoms with Gasteiger partial charge in [0, 0.05) is 41.7 Å². The second-order valence-corrected chi connectivity index (χ2v) is 9.49. The smallest absolute Gasteiger partial charge is 0.252 e. The summed E-state index contributed by atoms with van der Waals surface area (Å²) in [7, 11) is 0. The molecule has 2 aromatic heterocycles. The number of nitrogens with zero attached hydrogens (tertiary/aromatic N) is 3. The standard InChI is InChI=1S/C25H27ClN4O2S/c1-17-3-5-19(6-4-17)15-30-24(26)22(18(2)28-30)7-8-23(31)29-12-9-21(10-13-29)27-25(32)20-11-14-33-16-20/h3-8,11,14,16,21H,9-10,12-13,15H2,1-2H3,(H,27,32)/b8-7+. The van der Waals surface area contributed by atoms with E-state index >= 15 is 0 Å². The van der Waals surface area contributed by atoms with E-state index in [4.69, 9.17) is 11.6 Å². The zero-order valence-electron chi connectivity index (χ0n) is 18.8. The molecular weight excluding hydrogens is 456 g/mol. The molecule has 1 fully saturated rings. The van der Waals surface area contributed by atoms with Crippen LogP contribution < -0.4 is 5.32 Å². The van der Waals surface area contributed by atoms with Crippen molar-refractivity contribution in [3.8, 4) is 0 Å². The van der Waals surface area contributed by atoms with Crippen molar-refractivity contribution in [1.82, 2.24) is 20.0 Å². The minimum Gasteiger partial charge on any atom is -0.349 e. The molecule has 0 saturated carbocycles. The van der Waals surface area contributed by atoms with Crippen LogP contribution in [-0.4, -0.2) is 45.6 Å². The lowest BCUT2D eigenvalue weighted by Gasteiger charge is -2.31. The molecule has 172 valence electrons. The van der Waals surface area contributed by atoms with Gasteiger partial charge >= 0.3 is 0 Å². The summed E-state index contributed by atoms with van der Waals surface area (Å²) in [5, 5.41) is 11.9. The Labute approximate surface area is 202 Å². The molecule has 6 nitrogen and oxygen atoms in total. The fourth-order valence-electron chi connectivity index (χ4n) is 3.89. The van der Waals surface area contributed by atoms with Gasteiger partial charge in [-0.25, -0.2) is 4.68 Å². The van der Waals surface area contributed by atoms with Crippen molar-refractivity contribution in [2.75, 3.05) is 13.1 Å². The van der Waals surface area contributed by atoms with Crippen LogP contribution in [0.25, 0.3) is 6.08 Å². The molecule has 8 heteroatoms. The highest BCUT2D eigenvalue weighted by Crippen LogP contribution is 2.23. The van der Waals surface area contributed by atoms with Crippen molar-refractivity contribution >= 4 is 40.8 Å². The number of halogens is 1. The topological polar surface area (TPSA) is 67.2 Å². The second kappa shape index (κ2) is 10.4. The first-order chi connectivity index (χ1) is 15.9. The number of aromatic nitrogens is 2. The normalized spacial score (nSPS) is 14.7. The largest absolute Gasteiger partial charge is 0.349 e. The third-order valence-corrected chi connectivity index (χ3v) is 6.96. The third kappa shape index (κ3) is 5.72. The highest BCUT2D eigenvalue weighted by atomic mass is 35.5. The number of carbonyl (C=O) groups excluding carboxylic acids is 2. The van der Waals surface area contributed by atoms with Crippen molar-refractivity contribution in [2.45, 2.75) is 39.3 Å². The van der Waals surface area contributed by atoms with E-state index in [1.165, 1.54) is 16.9 Å². The number of carbonyl (C=O) groups is 2. The maximum absolute atomic E-state index is 12.7. The Hall–Kier alpha value is -2.90. The van der Waals surface area contributed by atoms with Gasteiger partial charge in [-0.2, -0.15) is 16.4 Å². The average Bonchev–Trinajstić information content (AvgIpc) is 3.43. The van der Waals surface area contributed by atoms with Gasteiger partial charge in [-0.05, 0) is 49.8 Å². The predicted molar refractivity (Wildman–Crippen MR) is 133 cm³/mol. The Balaban J connectivity index is 1.33. The molecule has 1 aliphatic rings. The molecule has 3 heterocycles. The fourth-order valence-corrected chi connectivity index (χ4v) is 4.83. The van der Waals surface area contributed by atoms with E-state index in [0.717, 1.165) is 29.7 Å². The number of aryl methyl sites for hydroxylation is 2. The number of hydrogen-bond acceptors (Lipinski definition) is 4. The Morgan fingerprint density at radius 3 is 2.58 bits per heavy atom. The van der Waals surface area contributed by atoms with Gasteiger partial charge < -0.3 is 10.2 Å². The van der Waals surface area contributed by atoms with Crippen LogP contribution in [0.2, 0.25) is 5.15 Å². The number of amides is 2. The molecule has 0 bridgehead atoms. The summed E-state index contributed by atoms with van der Waals surface area (Å²) in [5.41, 5.74) is 4.56. The highest BCUT2D eigenvalue weighted by Gasteiger charge is 2.23. The monoisotopic (exact) mass is 482 g/mol. The van der Waals surface area contributed by atoms with Crippen LogP contribution in [0.4, 0.5) is 0 Å². The Morgan fingerprint density at radius 1 is 1.18 bits per heavy atom. The lowest BCUT2D eigenvalue weighted by Crippen LogP contribution is -2.46. The van der Waals surface area contributed by atoms with Gasteiger partial charge in [0.25, 0.3) is 5.91 Å². The SMILES string of the molecule is Cc1ccc(Cn2nc(C)c(/C=C/C(=O)N3CCC(NC(=O)c4ccsc4)CC3)c2Cl)cc1. The molecule has 1 N–H and O–H groups in total. The van der Waals surface area contributed by atoms with Gasteiger partial charge in [0.05, 0.1) is 12.2 Å². The summed E-state index contributed by atoms with van der Waals surface area (Å²) in [6.45, 7) is 5.74. The molecule has 4 rings (SSSR count). The molecule has 1 aromatic carbocycles. The van der Waals surface area contributed by atoms with Gasteiger partial charge in [-0.3, -0.25) is 9.59 Å². The average molecular weight is 483 g/mol. The predicted octanol–water partition coefficient (Wildman–Crippen LogP) is 4.70. The van der Waals surface area contributed by atoms with Crippen LogP contribution in [0.5, 0.6) is 0 Å². The van der Waals surface area contributed by atoms with Crippen LogP contribution in [0.3, 0.4) is 0 Å². The molecular formula is C25H27ClN4O2S. The lowest BCUT2D eigenvalue weighted by molar-refractivity contribution is -0.126. The number of rotatable bonds is 6. The molecule has 0 aliphatic carbocycles. The highest BCUT2D eigenvalue weighted by molar-refractivity contribution is 7.08. The van der Waals surface area contributed by atoms with Crippen LogP contribution in [0.15, 0.2) is 47.2 Å².